The highest BCUT2D eigenvalue weighted by atomic mass is 16.6. The predicted octanol–water partition coefficient (Wildman–Crippen LogP) is 3.34. The van der Waals surface area contributed by atoms with Crippen molar-refractivity contribution in [3.05, 3.63) is 64.2 Å². The van der Waals surface area contributed by atoms with Gasteiger partial charge in [0.1, 0.15) is 6.10 Å². The summed E-state index contributed by atoms with van der Waals surface area (Å²) >= 11 is 0. The van der Waals surface area contributed by atoms with Gasteiger partial charge < -0.3 is 14.4 Å². The molecule has 3 atom stereocenters. The number of amides is 1. The first-order valence-corrected chi connectivity index (χ1v) is 8.32. The number of hydrogen-bond acceptors (Lipinski definition) is 5. The van der Waals surface area contributed by atoms with Crippen LogP contribution in [0.3, 0.4) is 0 Å². The second-order valence-electron chi connectivity index (χ2n) is 6.29. The quantitative estimate of drug-likeness (QED) is 0.620. The molecule has 3 rings (SSSR count). The molecule has 0 bridgehead atoms. The second-order valence-corrected chi connectivity index (χ2v) is 6.29. The molecule has 3 unspecified atom stereocenters. The number of carbonyl (C=O) groups excluding carboxylic acids is 1. The Labute approximate surface area is 151 Å². The fourth-order valence-electron chi connectivity index (χ4n) is 2.90. The molecular weight excluding hydrogens is 336 g/mol. The summed E-state index contributed by atoms with van der Waals surface area (Å²) in [6, 6.07) is 13.1. The number of para-hydroxylation sites is 2. The summed E-state index contributed by atoms with van der Waals surface area (Å²) in [6.45, 7) is 3.60. The highest BCUT2D eigenvalue weighted by Gasteiger charge is 2.37. The van der Waals surface area contributed by atoms with Gasteiger partial charge in [-0.05, 0) is 31.5 Å². The van der Waals surface area contributed by atoms with E-state index in [4.69, 9.17) is 9.47 Å². The summed E-state index contributed by atoms with van der Waals surface area (Å²) in [5.74, 6) is 0.893. The minimum absolute atomic E-state index is 0.00487. The van der Waals surface area contributed by atoms with Crippen molar-refractivity contribution >= 4 is 11.6 Å². The smallest absolute Gasteiger partial charge is 0.269 e. The molecule has 0 saturated carbocycles. The Hall–Kier alpha value is -3.09. The van der Waals surface area contributed by atoms with Gasteiger partial charge in [0.2, 0.25) is 6.10 Å². The van der Waals surface area contributed by atoms with Gasteiger partial charge >= 0.3 is 0 Å². The van der Waals surface area contributed by atoms with Crippen LogP contribution in [0.2, 0.25) is 0 Å². The summed E-state index contributed by atoms with van der Waals surface area (Å²) in [5.41, 5.74) is 0.676. The van der Waals surface area contributed by atoms with E-state index in [1.54, 1.807) is 38.2 Å². The first-order chi connectivity index (χ1) is 12.4. The fourth-order valence-corrected chi connectivity index (χ4v) is 2.90. The van der Waals surface area contributed by atoms with Gasteiger partial charge in [-0.2, -0.15) is 0 Å². The topological polar surface area (TPSA) is 81.9 Å². The molecule has 1 heterocycles. The molecule has 2 aromatic carbocycles. The van der Waals surface area contributed by atoms with Gasteiger partial charge in [0.05, 0.1) is 11.0 Å². The molecule has 1 aliphatic rings. The molecule has 0 spiro atoms. The average Bonchev–Trinajstić information content (AvgIpc) is 2.65. The van der Waals surface area contributed by atoms with Crippen LogP contribution in [0.5, 0.6) is 11.5 Å². The first-order valence-electron chi connectivity index (χ1n) is 8.32. The van der Waals surface area contributed by atoms with E-state index >= 15 is 0 Å². The Balaban J connectivity index is 1.79. The lowest BCUT2D eigenvalue weighted by atomic mass is 10.0. The summed E-state index contributed by atoms with van der Waals surface area (Å²) in [4.78, 5) is 25.0. The van der Waals surface area contributed by atoms with Crippen LogP contribution in [0, 0.1) is 10.1 Å². The van der Waals surface area contributed by atoms with Crippen LogP contribution in [-0.2, 0) is 4.79 Å². The number of nitrogens with zero attached hydrogens (tertiary/aromatic N) is 2. The molecule has 0 N–H and O–H groups in total. The molecule has 136 valence electrons. The number of hydrogen-bond donors (Lipinski definition) is 0. The lowest BCUT2D eigenvalue weighted by Crippen LogP contribution is -2.50. The normalized spacial score (nSPS) is 19.5. The molecule has 26 heavy (non-hydrogen) atoms. The SMILES string of the molecule is CC1Oc2ccccc2OC1C(=O)N(C)C(C)c1cccc([N+](=O)[O-])c1. The number of rotatable bonds is 4. The zero-order valence-electron chi connectivity index (χ0n) is 14.8. The van der Waals surface area contributed by atoms with E-state index in [0.29, 0.717) is 17.1 Å². The van der Waals surface area contributed by atoms with Gasteiger partial charge in [-0.1, -0.05) is 24.3 Å². The Morgan fingerprint density at radius 3 is 2.46 bits per heavy atom. The Morgan fingerprint density at radius 2 is 1.81 bits per heavy atom. The van der Waals surface area contributed by atoms with Gasteiger partial charge in [0.25, 0.3) is 11.6 Å². The van der Waals surface area contributed by atoms with Crippen molar-refractivity contribution in [2.24, 2.45) is 0 Å². The molecule has 0 saturated heterocycles. The molecular formula is C19H20N2O5. The van der Waals surface area contributed by atoms with Crippen molar-refractivity contribution in [2.75, 3.05) is 7.05 Å². The number of nitro benzene ring substituents is 1. The molecule has 0 aromatic heterocycles. The van der Waals surface area contributed by atoms with E-state index in [1.807, 2.05) is 19.1 Å². The third kappa shape index (κ3) is 3.33. The highest BCUT2D eigenvalue weighted by molar-refractivity contribution is 5.82. The highest BCUT2D eigenvalue weighted by Crippen LogP contribution is 2.34. The van der Waals surface area contributed by atoms with Crippen molar-refractivity contribution in [2.45, 2.75) is 32.1 Å². The standard InChI is InChI=1S/C19H20N2O5/c1-12(14-7-6-8-15(11-14)21(23)24)20(3)19(22)18-13(2)25-16-9-4-5-10-17(16)26-18/h4-13,18H,1-3H3. The number of non-ortho nitro benzene ring substituents is 1. The first kappa shape index (κ1) is 17.7. The van der Waals surface area contributed by atoms with Crippen molar-refractivity contribution in [1.29, 1.82) is 0 Å². The van der Waals surface area contributed by atoms with Gasteiger partial charge in [-0.15, -0.1) is 0 Å². The van der Waals surface area contributed by atoms with Crippen LogP contribution in [0.4, 0.5) is 5.69 Å². The number of benzene rings is 2. The monoisotopic (exact) mass is 356 g/mol. The lowest BCUT2D eigenvalue weighted by molar-refractivity contribution is -0.384. The molecule has 1 aliphatic heterocycles. The van der Waals surface area contributed by atoms with Crippen LogP contribution < -0.4 is 9.47 Å². The number of ether oxygens (including phenoxy) is 2. The van der Waals surface area contributed by atoms with Crippen molar-refractivity contribution in [3.63, 3.8) is 0 Å². The third-order valence-corrected chi connectivity index (χ3v) is 4.58. The van der Waals surface area contributed by atoms with Gasteiger partial charge in [-0.3, -0.25) is 14.9 Å². The van der Waals surface area contributed by atoms with Gasteiger partial charge in [0, 0.05) is 19.2 Å². The Morgan fingerprint density at radius 1 is 1.15 bits per heavy atom. The van der Waals surface area contributed by atoms with Crippen LogP contribution in [-0.4, -0.2) is 35.0 Å². The summed E-state index contributed by atoms with van der Waals surface area (Å²) < 4.78 is 11.6. The van der Waals surface area contributed by atoms with Crippen LogP contribution in [0.1, 0.15) is 25.5 Å². The summed E-state index contributed by atoms with van der Waals surface area (Å²) in [6.07, 6.45) is -1.23. The van der Waals surface area contributed by atoms with E-state index < -0.39 is 17.1 Å². The van der Waals surface area contributed by atoms with Gasteiger partial charge in [0.15, 0.2) is 11.5 Å². The minimum atomic E-state index is -0.781. The number of likely N-dealkylation sites (N-methyl/N-ethyl adjacent to an activating group) is 1. The molecule has 7 heteroatoms. The molecule has 1 amide bonds. The maximum atomic E-state index is 12.9. The van der Waals surface area contributed by atoms with Crippen molar-refractivity contribution < 1.29 is 19.2 Å². The second kappa shape index (κ2) is 7.03. The van der Waals surface area contributed by atoms with E-state index in [0.717, 1.165) is 0 Å². The Kier molecular flexibility index (Phi) is 4.79. The fraction of sp³-hybridized carbons (Fsp3) is 0.316. The van der Waals surface area contributed by atoms with E-state index in [1.165, 1.54) is 17.0 Å². The molecule has 0 radical (unpaired) electrons. The zero-order chi connectivity index (χ0) is 18.8. The summed E-state index contributed by atoms with van der Waals surface area (Å²) in [5, 5.41) is 11.0. The lowest BCUT2D eigenvalue weighted by Gasteiger charge is -2.35. The van der Waals surface area contributed by atoms with E-state index in [-0.39, 0.29) is 17.6 Å². The number of nitro groups is 1. The maximum absolute atomic E-state index is 12.9. The largest absolute Gasteiger partial charge is 0.482 e. The average molecular weight is 356 g/mol. The van der Waals surface area contributed by atoms with Crippen LogP contribution >= 0.6 is 0 Å². The number of fused-ring (bicyclic) bond motifs is 1. The number of carbonyl (C=O) groups is 1. The Bertz CT molecular complexity index is 838. The van der Waals surface area contributed by atoms with Crippen LogP contribution in [0.25, 0.3) is 0 Å². The molecule has 0 aliphatic carbocycles. The minimum Gasteiger partial charge on any atom is -0.482 e. The van der Waals surface area contributed by atoms with E-state index in [9.17, 15) is 14.9 Å². The van der Waals surface area contributed by atoms with Crippen molar-refractivity contribution in [3.8, 4) is 11.5 Å². The molecule has 2 aromatic rings. The van der Waals surface area contributed by atoms with Crippen molar-refractivity contribution in [1.82, 2.24) is 4.90 Å². The maximum Gasteiger partial charge on any atom is 0.269 e. The zero-order valence-corrected chi connectivity index (χ0v) is 14.8. The van der Waals surface area contributed by atoms with Crippen LogP contribution in [0.15, 0.2) is 48.5 Å². The third-order valence-electron chi connectivity index (χ3n) is 4.58. The summed E-state index contributed by atoms with van der Waals surface area (Å²) in [7, 11) is 1.66. The molecule has 0 fully saturated rings. The predicted molar refractivity (Wildman–Crippen MR) is 95.2 cm³/mol. The van der Waals surface area contributed by atoms with Gasteiger partial charge in [-0.25, -0.2) is 0 Å². The molecule has 7 nitrogen and oxygen atoms in total. The van der Waals surface area contributed by atoms with E-state index in [2.05, 4.69) is 0 Å².